The van der Waals surface area contributed by atoms with Gasteiger partial charge in [0, 0.05) is 17.6 Å². The molecule has 0 radical (unpaired) electrons. The van der Waals surface area contributed by atoms with Gasteiger partial charge in [0.2, 0.25) is 0 Å². The smallest absolute Gasteiger partial charge is 0.382 e. The van der Waals surface area contributed by atoms with Gasteiger partial charge in [-0.3, -0.25) is 0 Å². The fourth-order valence-corrected chi connectivity index (χ4v) is 1.31. The summed E-state index contributed by atoms with van der Waals surface area (Å²) in [5, 5.41) is 14.5. The Bertz CT molecular complexity index is 247. The van der Waals surface area contributed by atoms with Crippen molar-refractivity contribution in [2.24, 2.45) is 0 Å². The molecule has 1 aromatic heterocycles. The number of alkyl halides is 3. The number of thiophene rings is 1. The number of aliphatic hydroxyl groups is 1. The molecular weight excluding hydrogens is 203 g/mol. The fourth-order valence-electron chi connectivity index (χ4n) is 0.695. The van der Waals surface area contributed by atoms with Gasteiger partial charge in [-0.25, -0.2) is 0 Å². The second-order valence-electron chi connectivity index (χ2n) is 2.45. The van der Waals surface area contributed by atoms with E-state index in [1.54, 1.807) is 16.8 Å². The Morgan fingerprint density at radius 1 is 1.54 bits per heavy atom. The predicted octanol–water partition coefficient (Wildman–Crippen LogP) is 2.08. The van der Waals surface area contributed by atoms with E-state index in [0.717, 1.165) is 0 Å². The standard InChI is InChI=1S/C7H8F3NOS/c8-7(9,10)6(12)3-11-5-1-2-13-4-5/h1-2,4,6,11-12H,3H2. The van der Waals surface area contributed by atoms with E-state index in [-0.39, 0.29) is 0 Å². The third-order valence-corrected chi connectivity index (χ3v) is 2.08. The molecule has 1 heterocycles. The highest BCUT2D eigenvalue weighted by Crippen LogP contribution is 2.20. The number of hydrogen-bond donors (Lipinski definition) is 2. The summed E-state index contributed by atoms with van der Waals surface area (Å²) in [7, 11) is 0. The molecule has 1 atom stereocenters. The Morgan fingerprint density at radius 2 is 2.23 bits per heavy atom. The van der Waals surface area contributed by atoms with Crippen molar-refractivity contribution in [2.45, 2.75) is 12.3 Å². The Morgan fingerprint density at radius 3 is 2.69 bits per heavy atom. The van der Waals surface area contributed by atoms with Crippen LogP contribution in [-0.4, -0.2) is 23.9 Å². The average molecular weight is 211 g/mol. The molecule has 0 aliphatic heterocycles. The first kappa shape index (κ1) is 10.3. The Kier molecular flexibility index (Phi) is 3.16. The van der Waals surface area contributed by atoms with E-state index < -0.39 is 18.8 Å². The molecule has 0 amide bonds. The second kappa shape index (κ2) is 3.97. The number of nitrogens with one attached hydrogen (secondary N) is 1. The minimum absolute atomic E-state index is 0.514. The molecule has 0 aliphatic rings. The zero-order valence-corrected chi connectivity index (χ0v) is 7.32. The second-order valence-corrected chi connectivity index (χ2v) is 3.23. The number of aliphatic hydroxyl groups excluding tert-OH is 1. The van der Waals surface area contributed by atoms with E-state index in [4.69, 9.17) is 5.11 Å². The van der Waals surface area contributed by atoms with Gasteiger partial charge < -0.3 is 10.4 Å². The van der Waals surface area contributed by atoms with Crippen LogP contribution in [-0.2, 0) is 0 Å². The largest absolute Gasteiger partial charge is 0.416 e. The Hall–Kier alpha value is -0.750. The van der Waals surface area contributed by atoms with Crippen LogP contribution in [0.1, 0.15) is 0 Å². The van der Waals surface area contributed by atoms with Crippen LogP contribution in [0.4, 0.5) is 18.9 Å². The molecule has 0 saturated heterocycles. The topological polar surface area (TPSA) is 32.3 Å². The molecule has 0 saturated carbocycles. The molecular formula is C7H8F3NOS. The minimum atomic E-state index is -4.55. The van der Waals surface area contributed by atoms with E-state index >= 15 is 0 Å². The zero-order valence-electron chi connectivity index (χ0n) is 6.51. The molecule has 0 fully saturated rings. The maximum absolute atomic E-state index is 11.8. The van der Waals surface area contributed by atoms with E-state index in [1.165, 1.54) is 11.3 Å². The van der Waals surface area contributed by atoms with Crippen molar-refractivity contribution in [3.8, 4) is 0 Å². The van der Waals surface area contributed by atoms with Crippen molar-refractivity contribution in [1.82, 2.24) is 0 Å². The van der Waals surface area contributed by atoms with Crippen molar-refractivity contribution in [1.29, 1.82) is 0 Å². The summed E-state index contributed by atoms with van der Waals surface area (Å²) in [5.41, 5.74) is 0.591. The van der Waals surface area contributed by atoms with Crippen LogP contribution < -0.4 is 5.32 Å². The molecule has 13 heavy (non-hydrogen) atoms. The van der Waals surface area contributed by atoms with Crippen molar-refractivity contribution >= 4 is 17.0 Å². The normalized spacial score (nSPS) is 14.2. The molecule has 2 N–H and O–H groups in total. The summed E-state index contributed by atoms with van der Waals surface area (Å²) < 4.78 is 35.4. The molecule has 74 valence electrons. The first-order chi connectivity index (χ1) is 6.00. The van der Waals surface area contributed by atoms with Crippen LogP contribution in [0.15, 0.2) is 16.8 Å². The highest BCUT2D eigenvalue weighted by molar-refractivity contribution is 7.08. The summed E-state index contributed by atoms with van der Waals surface area (Å²) in [6, 6.07) is 1.65. The molecule has 1 aromatic rings. The maximum Gasteiger partial charge on any atom is 0.416 e. The van der Waals surface area contributed by atoms with E-state index in [0.29, 0.717) is 5.69 Å². The van der Waals surface area contributed by atoms with Gasteiger partial charge in [-0.1, -0.05) is 0 Å². The van der Waals surface area contributed by atoms with Crippen LogP contribution in [0, 0.1) is 0 Å². The highest BCUT2D eigenvalue weighted by Gasteiger charge is 2.37. The molecule has 1 unspecified atom stereocenters. The number of anilines is 1. The zero-order chi connectivity index (χ0) is 9.90. The number of halogens is 3. The third-order valence-electron chi connectivity index (χ3n) is 1.40. The number of hydrogen-bond acceptors (Lipinski definition) is 3. The van der Waals surface area contributed by atoms with Gasteiger partial charge in [-0.2, -0.15) is 24.5 Å². The van der Waals surface area contributed by atoms with Crippen LogP contribution >= 0.6 is 11.3 Å². The van der Waals surface area contributed by atoms with Crippen molar-refractivity contribution in [3.05, 3.63) is 16.8 Å². The van der Waals surface area contributed by atoms with Gasteiger partial charge in [-0.05, 0) is 11.4 Å². The lowest BCUT2D eigenvalue weighted by atomic mass is 10.3. The lowest BCUT2D eigenvalue weighted by molar-refractivity contribution is -0.198. The lowest BCUT2D eigenvalue weighted by Crippen LogP contribution is -2.34. The van der Waals surface area contributed by atoms with Gasteiger partial charge in [0.25, 0.3) is 0 Å². The summed E-state index contributed by atoms with van der Waals surface area (Å²) in [5.74, 6) is 0. The van der Waals surface area contributed by atoms with E-state index in [9.17, 15) is 13.2 Å². The highest BCUT2D eigenvalue weighted by atomic mass is 32.1. The molecule has 2 nitrogen and oxygen atoms in total. The summed E-state index contributed by atoms with van der Waals surface area (Å²) >= 11 is 1.37. The van der Waals surface area contributed by atoms with Gasteiger partial charge >= 0.3 is 6.18 Å². The van der Waals surface area contributed by atoms with Crippen molar-refractivity contribution in [3.63, 3.8) is 0 Å². The molecule has 6 heteroatoms. The predicted molar refractivity (Wildman–Crippen MR) is 44.9 cm³/mol. The van der Waals surface area contributed by atoms with Crippen LogP contribution in [0.5, 0.6) is 0 Å². The quantitative estimate of drug-likeness (QED) is 0.802. The Labute approximate surface area is 77.0 Å². The van der Waals surface area contributed by atoms with Crippen LogP contribution in [0.25, 0.3) is 0 Å². The monoisotopic (exact) mass is 211 g/mol. The molecule has 0 bridgehead atoms. The average Bonchev–Trinajstić information content (AvgIpc) is 2.50. The fraction of sp³-hybridized carbons (Fsp3) is 0.429. The summed E-state index contributed by atoms with van der Waals surface area (Å²) in [6.45, 7) is -0.514. The van der Waals surface area contributed by atoms with Crippen LogP contribution in [0.2, 0.25) is 0 Å². The summed E-state index contributed by atoms with van der Waals surface area (Å²) in [4.78, 5) is 0. The van der Waals surface area contributed by atoms with Crippen molar-refractivity contribution < 1.29 is 18.3 Å². The molecule has 1 rings (SSSR count). The first-order valence-electron chi connectivity index (χ1n) is 3.51. The minimum Gasteiger partial charge on any atom is -0.382 e. The first-order valence-corrected chi connectivity index (χ1v) is 4.45. The van der Waals surface area contributed by atoms with Gasteiger partial charge in [-0.15, -0.1) is 0 Å². The third kappa shape index (κ3) is 3.23. The van der Waals surface area contributed by atoms with Crippen molar-refractivity contribution in [2.75, 3.05) is 11.9 Å². The lowest BCUT2D eigenvalue weighted by Gasteiger charge is -2.14. The number of rotatable bonds is 3. The van der Waals surface area contributed by atoms with Gasteiger partial charge in [0.05, 0.1) is 0 Å². The molecule has 0 aromatic carbocycles. The molecule has 0 spiro atoms. The molecule has 0 aliphatic carbocycles. The maximum atomic E-state index is 11.8. The van der Waals surface area contributed by atoms with Crippen LogP contribution in [0.3, 0.4) is 0 Å². The van der Waals surface area contributed by atoms with E-state index in [1.807, 2.05) is 0 Å². The summed E-state index contributed by atoms with van der Waals surface area (Å²) in [6.07, 6.45) is -6.87. The Balaban J connectivity index is 2.35. The van der Waals surface area contributed by atoms with E-state index in [2.05, 4.69) is 5.32 Å². The SMILES string of the molecule is OC(CNc1ccsc1)C(F)(F)F. The van der Waals surface area contributed by atoms with Gasteiger partial charge in [0.15, 0.2) is 6.10 Å². The van der Waals surface area contributed by atoms with Gasteiger partial charge in [0.1, 0.15) is 0 Å².